The third-order valence-electron chi connectivity index (χ3n) is 3.73. The van der Waals surface area contributed by atoms with Crippen LogP contribution in [0.3, 0.4) is 0 Å². The van der Waals surface area contributed by atoms with Gasteiger partial charge in [0.1, 0.15) is 0 Å². The Kier molecular flexibility index (Phi) is 5.35. The van der Waals surface area contributed by atoms with E-state index < -0.39 is 0 Å². The Morgan fingerprint density at radius 3 is 2.83 bits per heavy atom. The fraction of sp³-hybridized carbons (Fsp3) is 0.400. The first-order valence-electron chi connectivity index (χ1n) is 7.44. The van der Waals surface area contributed by atoms with E-state index in [4.69, 9.17) is 5.73 Å². The number of aromatic nitrogens is 2. The van der Waals surface area contributed by atoms with Gasteiger partial charge in [-0.15, -0.1) is 23.1 Å². The zero-order valence-electron chi connectivity index (χ0n) is 13.1. The smallest absolute Gasteiger partial charge is 0.191 e. The summed E-state index contributed by atoms with van der Waals surface area (Å²) in [6.07, 6.45) is 5.69. The highest BCUT2D eigenvalue weighted by atomic mass is 32.2. The van der Waals surface area contributed by atoms with Gasteiger partial charge in [0.2, 0.25) is 0 Å². The summed E-state index contributed by atoms with van der Waals surface area (Å²) in [5.41, 5.74) is 7.29. The van der Waals surface area contributed by atoms with Crippen molar-refractivity contribution >= 4 is 34.2 Å². The van der Waals surface area contributed by atoms with Crippen LogP contribution in [0.4, 0.5) is 5.13 Å². The molecule has 6 nitrogen and oxygen atoms in total. The predicted octanol–water partition coefficient (Wildman–Crippen LogP) is 1.90. The summed E-state index contributed by atoms with van der Waals surface area (Å²) in [5.74, 6) is 0.617. The van der Waals surface area contributed by atoms with Crippen LogP contribution in [0.2, 0.25) is 0 Å². The lowest BCUT2D eigenvalue weighted by molar-refractivity contribution is 0.380. The molecule has 0 aliphatic carbocycles. The third kappa shape index (κ3) is 4.14. The van der Waals surface area contributed by atoms with Crippen molar-refractivity contribution < 1.29 is 0 Å². The highest BCUT2D eigenvalue weighted by Gasteiger charge is 2.19. The standard InChI is InChI=1S/C15H20N6S2/c1-22-13-10-12(2-3-17-13)11-19-14(16)20-5-7-21(8-6-20)15-18-4-9-23-15/h2-4,9-10H,5-8,11H2,1H3,(H2,16,19). The molecule has 8 heteroatoms. The number of thioether (sulfide) groups is 1. The lowest BCUT2D eigenvalue weighted by Gasteiger charge is -2.35. The SMILES string of the molecule is CSc1cc(CN=C(N)N2CCN(c3nccs3)CC2)ccn1. The summed E-state index contributed by atoms with van der Waals surface area (Å²) in [5, 5.41) is 4.10. The minimum absolute atomic E-state index is 0.592. The van der Waals surface area contributed by atoms with E-state index in [-0.39, 0.29) is 0 Å². The van der Waals surface area contributed by atoms with Crippen LogP contribution < -0.4 is 10.6 Å². The fourth-order valence-electron chi connectivity index (χ4n) is 2.43. The molecule has 1 fully saturated rings. The topological polar surface area (TPSA) is 70.6 Å². The Hall–Kier alpha value is -1.80. The molecule has 0 radical (unpaired) electrons. The third-order valence-corrected chi connectivity index (χ3v) is 5.20. The normalized spacial score (nSPS) is 16.0. The van der Waals surface area contributed by atoms with Gasteiger partial charge in [-0.05, 0) is 24.0 Å². The molecule has 0 spiro atoms. The number of hydrogen-bond donors (Lipinski definition) is 1. The van der Waals surface area contributed by atoms with Gasteiger partial charge >= 0.3 is 0 Å². The number of nitrogens with zero attached hydrogens (tertiary/aromatic N) is 5. The number of rotatable bonds is 4. The summed E-state index contributed by atoms with van der Waals surface area (Å²) >= 11 is 3.31. The summed E-state index contributed by atoms with van der Waals surface area (Å²) in [4.78, 5) is 17.6. The van der Waals surface area contributed by atoms with E-state index in [9.17, 15) is 0 Å². The molecule has 122 valence electrons. The van der Waals surface area contributed by atoms with Crippen molar-refractivity contribution in [1.82, 2.24) is 14.9 Å². The van der Waals surface area contributed by atoms with Crippen molar-refractivity contribution in [2.45, 2.75) is 11.6 Å². The largest absolute Gasteiger partial charge is 0.370 e. The minimum Gasteiger partial charge on any atom is -0.370 e. The molecule has 0 aromatic carbocycles. The quantitative estimate of drug-likeness (QED) is 0.517. The van der Waals surface area contributed by atoms with Crippen LogP contribution in [-0.4, -0.2) is 53.3 Å². The number of aliphatic imine (C=N–C) groups is 1. The Morgan fingerprint density at radius 1 is 1.30 bits per heavy atom. The molecule has 2 N–H and O–H groups in total. The number of piperazine rings is 1. The maximum absolute atomic E-state index is 6.15. The van der Waals surface area contributed by atoms with Crippen molar-refractivity contribution in [3.8, 4) is 0 Å². The zero-order valence-corrected chi connectivity index (χ0v) is 14.7. The van der Waals surface area contributed by atoms with Gasteiger partial charge in [0.15, 0.2) is 11.1 Å². The Bertz CT molecular complexity index is 650. The van der Waals surface area contributed by atoms with E-state index in [1.54, 1.807) is 23.1 Å². The van der Waals surface area contributed by atoms with Gasteiger partial charge in [0.25, 0.3) is 0 Å². The van der Waals surface area contributed by atoms with Gasteiger partial charge in [0.05, 0.1) is 11.6 Å². The molecule has 1 aliphatic heterocycles. The molecule has 23 heavy (non-hydrogen) atoms. The molecule has 0 saturated carbocycles. The number of anilines is 1. The van der Waals surface area contributed by atoms with E-state index >= 15 is 0 Å². The van der Waals surface area contributed by atoms with Crippen molar-refractivity contribution in [2.75, 3.05) is 37.3 Å². The highest BCUT2D eigenvalue weighted by molar-refractivity contribution is 7.98. The van der Waals surface area contributed by atoms with Crippen LogP contribution >= 0.6 is 23.1 Å². The predicted molar refractivity (Wildman–Crippen MR) is 97.2 cm³/mol. The average molecular weight is 349 g/mol. The Balaban J connectivity index is 1.55. The lowest BCUT2D eigenvalue weighted by Crippen LogP contribution is -2.51. The van der Waals surface area contributed by atoms with Crippen molar-refractivity contribution in [3.63, 3.8) is 0 Å². The summed E-state index contributed by atoms with van der Waals surface area (Å²) in [7, 11) is 0. The molecule has 2 aromatic rings. The maximum Gasteiger partial charge on any atom is 0.191 e. The minimum atomic E-state index is 0.592. The van der Waals surface area contributed by atoms with Crippen molar-refractivity contribution in [2.24, 2.45) is 10.7 Å². The maximum atomic E-state index is 6.15. The fourth-order valence-corrected chi connectivity index (χ4v) is 3.56. The lowest BCUT2D eigenvalue weighted by atomic mass is 10.3. The van der Waals surface area contributed by atoms with Gasteiger partial charge in [-0.3, -0.25) is 0 Å². The Labute approximate surface area is 144 Å². The van der Waals surface area contributed by atoms with Gasteiger partial charge < -0.3 is 15.5 Å². The van der Waals surface area contributed by atoms with E-state index in [0.717, 1.165) is 41.9 Å². The molecule has 1 saturated heterocycles. The summed E-state index contributed by atoms with van der Waals surface area (Å²) in [6.45, 7) is 4.20. The van der Waals surface area contributed by atoms with E-state index in [2.05, 4.69) is 30.8 Å². The molecule has 1 aliphatic rings. The van der Waals surface area contributed by atoms with Crippen molar-refractivity contribution in [3.05, 3.63) is 35.5 Å². The number of nitrogens with two attached hydrogens (primary N) is 1. The second kappa shape index (κ2) is 7.65. The summed E-state index contributed by atoms with van der Waals surface area (Å²) < 4.78 is 0. The van der Waals surface area contributed by atoms with E-state index in [1.165, 1.54) is 0 Å². The highest BCUT2D eigenvalue weighted by Crippen LogP contribution is 2.19. The van der Waals surface area contributed by atoms with Crippen LogP contribution in [-0.2, 0) is 6.54 Å². The van der Waals surface area contributed by atoms with Crippen LogP contribution in [0.15, 0.2) is 39.9 Å². The number of guanidine groups is 1. The molecule has 0 atom stereocenters. The monoisotopic (exact) mass is 348 g/mol. The van der Waals surface area contributed by atoms with Gasteiger partial charge in [-0.25, -0.2) is 15.0 Å². The van der Waals surface area contributed by atoms with Crippen LogP contribution in [0.1, 0.15) is 5.56 Å². The van der Waals surface area contributed by atoms with Gasteiger partial charge in [-0.1, -0.05) is 0 Å². The van der Waals surface area contributed by atoms with Crippen LogP contribution in [0, 0.1) is 0 Å². The molecule has 2 aromatic heterocycles. The van der Waals surface area contributed by atoms with E-state index in [0.29, 0.717) is 12.5 Å². The Morgan fingerprint density at radius 2 is 2.13 bits per heavy atom. The molecule has 3 rings (SSSR count). The first-order valence-corrected chi connectivity index (χ1v) is 9.55. The first-order chi connectivity index (χ1) is 11.3. The second-order valence-electron chi connectivity index (χ2n) is 5.17. The molecule has 0 amide bonds. The average Bonchev–Trinajstić information content (AvgIpc) is 3.14. The summed E-state index contributed by atoms with van der Waals surface area (Å²) in [6, 6.07) is 4.04. The first kappa shape index (κ1) is 16.1. The van der Waals surface area contributed by atoms with Gasteiger partial charge in [0, 0.05) is 44.0 Å². The number of pyridine rings is 1. The van der Waals surface area contributed by atoms with Gasteiger partial charge in [-0.2, -0.15) is 0 Å². The number of thiazole rings is 1. The molecule has 0 unspecified atom stereocenters. The second-order valence-corrected chi connectivity index (χ2v) is 6.87. The van der Waals surface area contributed by atoms with Crippen LogP contribution in [0.25, 0.3) is 0 Å². The number of hydrogen-bond acceptors (Lipinski definition) is 6. The molecular formula is C15H20N6S2. The molecular weight excluding hydrogens is 328 g/mol. The van der Waals surface area contributed by atoms with Crippen molar-refractivity contribution in [1.29, 1.82) is 0 Å². The molecule has 3 heterocycles. The molecule has 0 bridgehead atoms. The van der Waals surface area contributed by atoms with E-state index in [1.807, 2.05) is 30.1 Å². The van der Waals surface area contributed by atoms with Crippen LogP contribution in [0.5, 0.6) is 0 Å². The zero-order chi connectivity index (χ0) is 16.1.